The molecule has 0 saturated carbocycles. The van der Waals surface area contributed by atoms with Gasteiger partial charge in [-0.3, -0.25) is 9.48 Å². The van der Waals surface area contributed by atoms with Gasteiger partial charge in [-0.2, -0.15) is 5.10 Å². The molecule has 1 saturated heterocycles. The molecule has 0 N–H and O–H groups in total. The maximum atomic E-state index is 12.3. The molecular weight excluding hydrogens is 254 g/mol. The summed E-state index contributed by atoms with van der Waals surface area (Å²) in [4.78, 5) is 18.2. The van der Waals surface area contributed by atoms with Crippen molar-refractivity contribution < 1.29 is 4.79 Å². The van der Waals surface area contributed by atoms with Gasteiger partial charge in [0.2, 0.25) is 5.91 Å². The number of carbonyl (C=O) groups excluding carboxylic acids is 1. The van der Waals surface area contributed by atoms with Gasteiger partial charge in [-0.25, -0.2) is 4.98 Å². The first kappa shape index (κ1) is 12.9. The Kier molecular flexibility index (Phi) is 3.08. The maximum absolute atomic E-state index is 12.3. The van der Waals surface area contributed by atoms with E-state index in [9.17, 15) is 4.79 Å². The number of hydrogen-bond acceptors (Lipinski definition) is 3. The molecular formula is C14H19N5O. The summed E-state index contributed by atoms with van der Waals surface area (Å²) < 4.78 is 3.86. The lowest BCUT2D eigenvalue weighted by Crippen LogP contribution is -2.52. The van der Waals surface area contributed by atoms with E-state index in [4.69, 9.17) is 0 Å². The number of amides is 1. The lowest BCUT2D eigenvalue weighted by atomic mass is 10.1. The van der Waals surface area contributed by atoms with Crippen LogP contribution in [0.4, 0.5) is 0 Å². The molecule has 106 valence electrons. The van der Waals surface area contributed by atoms with Gasteiger partial charge in [-0.15, -0.1) is 0 Å². The summed E-state index contributed by atoms with van der Waals surface area (Å²) in [6.07, 6.45) is 5.19. The molecule has 3 heterocycles. The van der Waals surface area contributed by atoms with Crippen LogP contribution in [0.3, 0.4) is 0 Å². The Morgan fingerprint density at radius 1 is 1.40 bits per heavy atom. The average Bonchev–Trinajstić information content (AvgIpc) is 2.97. The molecule has 0 bridgehead atoms. The van der Waals surface area contributed by atoms with Crippen LogP contribution >= 0.6 is 0 Å². The number of imidazole rings is 1. The lowest BCUT2D eigenvalue weighted by molar-refractivity contribution is -0.140. The molecule has 1 amide bonds. The summed E-state index contributed by atoms with van der Waals surface area (Å²) in [6.45, 7) is 7.42. The Hall–Kier alpha value is -2.11. The predicted octanol–water partition coefficient (Wildman–Crippen LogP) is 1.34. The van der Waals surface area contributed by atoms with Crippen LogP contribution in [0.15, 0.2) is 24.8 Å². The summed E-state index contributed by atoms with van der Waals surface area (Å²) in [6, 6.07) is 2.18. The zero-order valence-electron chi connectivity index (χ0n) is 12.0. The van der Waals surface area contributed by atoms with Crippen molar-refractivity contribution in [1.82, 2.24) is 24.2 Å². The Bertz CT molecular complexity index is 610. The summed E-state index contributed by atoms with van der Waals surface area (Å²) in [7, 11) is 0. The highest BCUT2D eigenvalue weighted by Crippen LogP contribution is 2.25. The average molecular weight is 273 g/mol. The van der Waals surface area contributed by atoms with Gasteiger partial charge in [0.05, 0.1) is 18.1 Å². The molecule has 1 fully saturated rings. The van der Waals surface area contributed by atoms with E-state index in [1.165, 1.54) is 0 Å². The Balaban J connectivity index is 1.63. The van der Waals surface area contributed by atoms with Crippen LogP contribution in [0.2, 0.25) is 0 Å². The number of aromatic nitrogens is 4. The summed E-state index contributed by atoms with van der Waals surface area (Å²) in [5, 5.41) is 4.48. The van der Waals surface area contributed by atoms with Gasteiger partial charge in [0.1, 0.15) is 6.04 Å². The van der Waals surface area contributed by atoms with E-state index in [1.54, 1.807) is 12.5 Å². The number of aryl methyl sites for hydroxylation is 2. The van der Waals surface area contributed by atoms with Gasteiger partial charge in [-0.1, -0.05) is 0 Å². The van der Waals surface area contributed by atoms with Crippen LogP contribution in [-0.2, 0) is 4.79 Å². The fraction of sp³-hybridized carbons (Fsp3) is 0.500. The molecule has 1 aliphatic rings. The van der Waals surface area contributed by atoms with Crippen molar-refractivity contribution in [2.45, 2.75) is 32.9 Å². The Morgan fingerprint density at radius 2 is 2.15 bits per heavy atom. The molecule has 6 heteroatoms. The van der Waals surface area contributed by atoms with E-state index in [-0.39, 0.29) is 11.9 Å². The number of hydrogen-bond donors (Lipinski definition) is 0. The van der Waals surface area contributed by atoms with Crippen LogP contribution in [0.1, 0.15) is 30.4 Å². The normalized spacial score (nSPS) is 17.1. The molecule has 1 aliphatic heterocycles. The monoisotopic (exact) mass is 273 g/mol. The molecule has 3 rings (SSSR count). The number of carbonyl (C=O) groups is 1. The molecule has 0 aromatic carbocycles. The van der Waals surface area contributed by atoms with E-state index in [2.05, 4.69) is 23.1 Å². The first-order valence-electron chi connectivity index (χ1n) is 6.85. The van der Waals surface area contributed by atoms with Crippen molar-refractivity contribution >= 4 is 5.91 Å². The van der Waals surface area contributed by atoms with Crippen LogP contribution in [0, 0.1) is 13.8 Å². The highest BCUT2D eigenvalue weighted by atomic mass is 16.2. The van der Waals surface area contributed by atoms with Crippen LogP contribution in [0.5, 0.6) is 0 Å². The Morgan fingerprint density at radius 3 is 2.70 bits per heavy atom. The van der Waals surface area contributed by atoms with Gasteiger partial charge < -0.3 is 9.47 Å². The summed E-state index contributed by atoms with van der Waals surface area (Å²) >= 11 is 0. The van der Waals surface area contributed by atoms with Gasteiger partial charge in [0.15, 0.2) is 0 Å². The molecule has 6 nitrogen and oxygen atoms in total. The number of likely N-dealkylation sites (tertiary alicyclic amines) is 1. The predicted molar refractivity (Wildman–Crippen MR) is 74.3 cm³/mol. The third kappa shape index (κ3) is 2.11. The largest absolute Gasteiger partial charge is 0.336 e. The van der Waals surface area contributed by atoms with Crippen LogP contribution in [0.25, 0.3) is 0 Å². The van der Waals surface area contributed by atoms with Crippen molar-refractivity contribution in [2.24, 2.45) is 0 Å². The van der Waals surface area contributed by atoms with Crippen molar-refractivity contribution in [2.75, 3.05) is 13.1 Å². The van der Waals surface area contributed by atoms with E-state index < -0.39 is 0 Å². The molecule has 0 unspecified atom stereocenters. The quantitative estimate of drug-likeness (QED) is 0.848. The second kappa shape index (κ2) is 4.77. The smallest absolute Gasteiger partial charge is 0.245 e. The summed E-state index contributed by atoms with van der Waals surface area (Å²) in [5.41, 5.74) is 2.18. The lowest BCUT2D eigenvalue weighted by Gasteiger charge is -2.41. The third-order valence-electron chi connectivity index (χ3n) is 3.89. The molecule has 0 aliphatic carbocycles. The highest BCUT2D eigenvalue weighted by molar-refractivity contribution is 5.80. The fourth-order valence-corrected chi connectivity index (χ4v) is 2.70. The van der Waals surface area contributed by atoms with Gasteiger partial charge in [-0.05, 0) is 26.8 Å². The first-order valence-corrected chi connectivity index (χ1v) is 6.85. The van der Waals surface area contributed by atoms with E-state index in [1.807, 2.05) is 34.2 Å². The first-order chi connectivity index (χ1) is 9.56. The van der Waals surface area contributed by atoms with Crippen LogP contribution < -0.4 is 0 Å². The third-order valence-corrected chi connectivity index (χ3v) is 3.89. The minimum absolute atomic E-state index is 0.140. The van der Waals surface area contributed by atoms with Gasteiger partial charge >= 0.3 is 0 Å². The minimum atomic E-state index is -0.195. The van der Waals surface area contributed by atoms with Crippen molar-refractivity contribution in [3.05, 3.63) is 36.2 Å². The number of nitrogens with zero attached hydrogens (tertiary/aromatic N) is 5. The van der Waals surface area contributed by atoms with Crippen molar-refractivity contribution in [3.63, 3.8) is 0 Å². The SMILES string of the molecule is Cc1cc(C)n(C2CN(C(=O)[C@@H](C)n3ccnc3)C2)n1. The maximum Gasteiger partial charge on any atom is 0.245 e. The minimum Gasteiger partial charge on any atom is -0.336 e. The molecule has 0 radical (unpaired) electrons. The molecule has 20 heavy (non-hydrogen) atoms. The highest BCUT2D eigenvalue weighted by Gasteiger charge is 2.35. The second-order valence-electron chi connectivity index (χ2n) is 5.45. The molecule has 0 spiro atoms. The zero-order valence-corrected chi connectivity index (χ0v) is 12.0. The molecule has 1 atom stereocenters. The van der Waals surface area contributed by atoms with E-state index in [0.717, 1.165) is 24.5 Å². The van der Waals surface area contributed by atoms with E-state index >= 15 is 0 Å². The van der Waals surface area contributed by atoms with Crippen molar-refractivity contribution in [3.8, 4) is 0 Å². The Labute approximate surface area is 118 Å². The second-order valence-corrected chi connectivity index (χ2v) is 5.45. The topological polar surface area (TPSA) is 56.0 Å². The summed E-state index contributed by atoms with van der Waals surface area (Å²) in [5.74, 6) is 0.140. The van der Waals surface area contributed by atoms with E-state index in [0.29, 0.717) is 6.04 Å². The van der Waals surface area contributed by atoms with Crippen LogP contribution in [-0.4, -0.2) is 43.2 Å². The van der Waals surface area contributed by atoms with Crippen molar-refractivity contribution in [1.29, 1.82) is 0 Å². The number of rotatable bonds is 3. The standard InChI is InChI=1S/C14H19N5O/c1-10-6-11(2)19(16-10)13-7-18(8-13)14(20)12(3)17-5-4-15-9-17/h4-6,9,12-13H,7-8H2,1-3H3/t12-/m1/s1. The van der Waals surface area contributed by atoms with Gasteiger partial charge in [0.25, 0.3) is 0 Å². The van der Waals surface area contributed by atoms with Gasteiger partial charge in [0, 0.05) is 31.2 Å². The zero-order chi connectivity index (χ0) is 14.3. The molecule has 2 aromatic heterocycles. The fourth-order valence-electron chi connectivity index (χ4n) is 2.70. The molecule has 2 aromatic rings.